The second kappa shape index (κ2) is 8.93. The monoisotopic (exact) mass is 292 g/mol. The standard InChI is InChI=1S/C18H29NO2/c1-3-21-17-12-11-15(13-18(17)20-2)14-19-16-9-7-5-4-6-8-10-16/h11-13,16,19H,3-10,14H2,1-2H3/p+1. The molecule has 0 radical (unpaired) electrons. The van der Waals surface area contributed by atoms with Gasteiger partial charge in [-0.15, -0.1) is 0 Å². The molecule has 0 aromatic heterocycles. The third-order valence-electron chi connectivity index (χ3n) is 4.36. The first kappa shape index (κ1) is 16.2. The molecule has 0 amide bonds. The quantitative estimate of drug-likeness (QED) is 0.873. The van der Waals surface area contributed by atoms with Crippen molar-refractivity contribution >= 4 is 0 Å². The lowest BCUT2D eigenvalue weighted by Crippen LogP contribution is -2.88. The molecule has 1 fully saturated rings. The number of quaternary nitrogens is 1. The molecule has 1 aliphatic carbocycles. The number of methoxy groups -OCH3 is 1. The SMILES string of the molecule is CCOc1ccc(C[NH2+]C2CCCCCCC2)cc1OC. The zero-order chi connectivity index (χ0) is 14.9. The molecule has 118 valence electrons. The van der Waals surface area contributed by atoms with Crippen molar-refractivity contribution in [1.82, 2.24) is 0 Å². The van der Waals surface area contributed by atoms with Crippen molar-refractivity contribution in [3.63, 3.8) is 0 Å². The van der Waals surface area contributed by atoms with Crippen molar-refractivity contribution in [2.75, 3.05) is 13.7 Å². The zero-order valence-corrected chi connectivity index (χ0v) is 13.6. The van der Waals surface area contributed by atoms with E-state index < -0.39 is 0 Å². The molecule has 1 aromatic rings. The normalized spacial score (nSPS) is 17.0. The summed E-state index contributed by atoms with van der Waals surface area (Å²) >= 11 is 0. The van der Waals surface area contributed by atoms with Crippen molar-refractivity contribution in [1.29, 1.82) is 0 Å². The van der Waals surface area contributed by atoms with Crippen LogP contribution in [0.5, 0.6) is 11.5 Å². The summed E-state index contributed by atoms with van der Waals surface area (Å²) in [5.41, 5.74) is 1.32. The summed E-state index contributed by atoms with van der Waals surface area (Å²) < 4.78 is 11.0. The third-order valence-corrected chi connectivity index (χ3v) is 4.36. The Bertz CT molecular complexity index is 412. The summed E-state index contributed by atoms with van der Waals surface area (Å²) in [7, 11) is 1.71. The minimum Gasteiger partial charge on any atom is -0.493 e. The van der Waals surface area contributed by atoms with Crippen molar-refractivity contribution in [3.05, 3.63) is 23.8 Å². The topological polar surface area (TPSA) is 35.1 Å². The van der Waals surface area contributed by atoms with Gasteiger partial charge in [0.1, 0.15) is 6.54 Å². The summed E-state index contributed by atoms with van der Waals surface area (Å²) in [5, 5.41) is 2.51. The van der Waals surface area contributed by atoms with Gasteiger partial charge in [-0.1, -0.05) is 19.3 Å². The fourth-order valence-corrected chi connectivity index (χ4v) is 3.14. The smallest absolute Gasteiger partial charge is 0.161 e. The van der Waals surface area contributed by atoms with E-state index in [1.165, 1.54) is 50.5 Å². The van der Waals surface area contributed by atoms with Gasteiger partial charge < -0.3 is 14.8 Å². The Morgan fingerprint density at radius 2 is 1.76 bits per heavy atom. The summed E-state index contributed by atoms with van der Waals surface area (Å²) in [5.74, 6) is 1.69. The molecule has 0 bridgehead atoms. The van der Waals surface area contributed by atoms with E-state index in [4.69, 9.17) is 9.47 Å². The van der Waals surface area contributed by atoms with E-state index in [1.54, 1.807) is 7.11 Å². The molecule has 0 aliphatic heterocycles. The van der Waals surface area contributed by atoms with Gasteiger partial charge in [0.25, 0.3) is 0 Å². The van der Waals surface area contributed by atoms with E-state index in [-0.39, 0.29) is 0 Å². The second-order valence-electron chi connectivity index (χ2n) is 5.96. The minimum atomic E-state index is 0.671. The van der Waals surface area contributed by atoms with Crippen molar-refractivity contribution in [2.24, 2.45) is 0 Å². The van der Waals surface area contributed by atoms with Crippen LogP contribution in [0.2, 0.25) is 0 Å². The van der Waals surface area contributed by atoms with Gasteiger partial charge in [0, 0.05) is 5.56 Å². The molecule has 21 heavy (non-hydrogen) atoms. The Morgan fingerprint density at radius 3 is 2.43 bits per heavy atom. The van der Waals surface area contributed by atoms with E-state index in [1.807, 2.05) is 13.0 Å². The summed E-state index contributed by atoms with van der Waals surface area (Å²) in [6, 6.07) is 7.10. The molecule has 0 saturated heterocycles. The van der Waals surface area contributed by atoms with Crippen LogP contribution in [0.25, 0.3) is 0 Å². The second-order valence-corrected chi connectivity index (χ2v) is 5.96. The number of ether oxygens (including phenoxy) is 2. The van der Waals surface area contributed by atoms with Crippen LogP contribution in [0, 0.1) is 0 Å². The van der Waals surface area contributed by atoms with Gasteiger partial charge in [0.05, 0.1) is 19.8 Å². The summed E-state index contributed by atoms with van der Waals surface area (Å²) in [6.07, 6.45) is 9.80. The van der Waals surface area contributed by atoms with Crippen LogP contribution in [0.1, 0.15) is 57.4 Å². The molecule has 3 nitrogen and oxygen atoms in total. The lowest BCUT2D eigenvalue weighted by molar-refractivity contribution is -0.706. The van der Waals surface area contributed by atoms with Crippen LogP contribution < -0.4 is 14.8 Å². The Morgan fingerprint density at radius 1 is 1.05 bits per heavy atom. The maximum Gasteiger partial charge on any atom is 0.161 e. The molecule has 0 atom stereocenters. The average Bonchev–Trinajstić information content (AvgIpc) is 2.47. The predicted octanol–water partition coefficient (Wildman–Crippen LogP) is 3.27. The first-order valence-corrected chi connectivity index (χ1v) is 8.46. The van der Waals surface area contributed by atoms with Crippen LogP contribution in [-0.2, 0) is 6.54 Å². The Kier molecular flexibility index (Phi) is 6.87. The first-order chi connectivity index (χ1) is 10.3. The van der Waals surface area contributed by atoms with Gasteiger partial charge in [0.2, 0.25) is 0 Å². The van der Waals surface area contributed by atoms with Gasteiger partial charge in [-0.25, -0.2) is 0 Å². The van der Waals surface area contributed by atoms with Gasteiger partial charge >= 0.3 is 0 Å². The highest BCUT2D eigenvalue weighted by atomic mass is 16.5. The van der Waals surface area contributed by atoms with Crippen LogP contribution >= 0.6 is 0 Å². The summed E-state index contributed by atoms with van der Waals surface area (Å²) in [4.78, 5) is 0. The molecule has 0 unspecified atom stereocenters. The van der Waals surface area contributed by atoms with Gasteiger partial charge in [0.15, 0.2) is 11.5 Å². The van der Waals surface area contributed by atoms with E-state index in [0.717, 1.165) is 24.1 Å². The Hall–Kier alpha value is -1.22. The predicted molar refractivity (Wildman–Crippen MR) is 85.9 cm³/mol. The van der Waals surface area contributed by atoms with Crippen LogP contribution in [0.3, 0.4) is 0 Å². The van der Waals surface area contributed by atoms with Gasteiger partial charge in [-0.3, -0.25) is 0 Å². The average molecular weight is 292 g/mol. The number of hydrogen-bond donors (Lipinski definition) is 1. The number of benzene rings is 1. The van der Waals surface area contributed by atoms with Crippen LogP contribution in [-0.4, -0.2) is 19.8 Å². The highest BCUT2D eigenvalue weighted by Crippen LogP contribution is 2.27. The largest absolute Gasteiger partial charge is 0.493 e. The fraction of sp³-hybridized carbons (Fsp3) is 0.667. The van der Waals surface area contributed by atoms with E-state index >= 15 is 0 Å². The zero-order valence-electron chi connectivity index (χ0n) is 13.6. The molecule has 0 heterocycles. The Labute approximate surface area is 129 Å². The number of hydrogen-bond acceptors (Lipinski definition) is 2. The molecular weight excluding hydrogens is 262 g/mol. The van der Waals surface area contributed by atoms with E-state index in [0.29, 0.717) is 6.61 Å². The number of rotatable bonds is 6. The molecule has 1 aromatic carbocycles. The lowest BCUT2D eigenvalue weighted by atomic mass is 9.96. The molecule has 2 rings (SSSR count). The van der Waals surface area contributed by atoms with Crippen molar-refractivity contribution in [2.45, 2.75) is 64.5 Å². The van der Waals surface area contributed by atoms with E-state index in [2.05, 4.69) is 17.4 Å². The van der Waals surface area contributed by atoms with Crippen LogP contribution in [0.15, 0.2) is 18.2 Å². The highest BCUT2D eigenvalue weighted by molar-refractivity contribution is 5.42. The molecule has 3 heteroatoms. The fourth-order valence-electron chi connectivity index (χ4n) is 3.14. The van der Waals surface area contributed by atoms with Crippen molar-refractivity contribution < 1.29 is 14.8 Å². The van der Waals surface area contributed by atoms with Crippen LogP contribution in [0.4, 0.5) is 0 Å². The first-order valence-electron chi connectivity index (χ1n) is 8.46. The summed E-state index contributed by atoms with van der Waals surface area (Å²) in [6.45, 7) is 3.70. The van der Waals surface area contributed by atoms with Gasteiger partial charge in [-0.2, -0.15) is 0 Å². The van der Waals surface area contributed by atoms with Crippen molar-refractivity contribution in [3.8, 4) is 11.5 Å². The van der Waals surface area contributed by atoms with E-state index in [9.17, 15) is 0 Å². The third kappa shape index (κ3) is 5.24. The molecular formula is C18H30NO2+. The molecule has 1 saturated carbocycles. The minimum absolute atomic E-state index is 0.671. The highest BCUT2D eigenvalue weighted by Gasteiger charge is 2.14. The van der Waals surface area contributed by atoms with Gasteiger partial charge in [-0.05, 0) is 50.8 Å². The molecule has 0 spiro atoms. The maximum absolute atomic E-state index is 5.57. The number of nitrogens with two attached hydrogens (primary N) is 1. The molecule has 1 aliphatic rings. The lowest BCUT2D eigenvalue weighted by Gasteiger charge is -2.18. The maximum atomic E-state index is 5.57. The molecule has 2 N–H and O–H groups in total. The Balaban J connectivity index is 1.89.